The number of nitrogens with zero attached hydrogens (tertiary/aromatic N) is 3. The Morgan fingerprint density at radius 2 is 1.81 bits per heavy atom. The minimum Gasteiger partial charge on any atom is -0.405 e. The molecule has 1 aliphatic rings. The number of alkyl halides is 3. The molecule has 0 aliphatic heterocycles. The number of aliphatic hydroxyl groups is 1. The normalized spacial score (nSPS) is 13.8. The maximum absolute atomic E-state index is 15.3. The standard InChI is InChI=1S/C23H21ClF5N3O.C2H5N/c1-22(2,33)21-30-20(31-32(21)13-6-7-13)15-10-12(8-9-23(27,28)29)14(11-18(15)26)19-16(24)4-3-5-17(19)25;1-2-3/h3-5,10-11,13,33H,6-9H2,1-2H3;2H,1,3H2. The minimum atomic E-state index is -4.47. The highest BCUT2D eigenvalue weighted by Crippen LogP contribution is 2.40. The number of hydrogen-bond donors (Lipinski definition) is 2. The summed E-state index contributed by atoms with van der Waals surface area (Å²) in [4.78, 5) is 4.30. The minimum absolute atomic E-state index is 0.0249. The van der Waals surface area contributed by atoms with E-state index in [9.17, 15) is 22.7 Å². The summed E-state index contributed by atoms with van der Waals surface area (Å²) < 4.78 is 70.3. The Kier molecular flexibility index (Phi) is 8.10. The van der Waals surface area contributed by atoms with Crippen LogP contribution in [0.2, 0.25) is 5.02 Å². The molecule has 0 bridgehead atoms. The zero-order valence-corrected chi connectivity index (χ0v) is 20.5. The van der Waals surface area contributed by atoms with E-state index >= 15 is 4.39 Å². The first-order chi connectivity index (χ1) is 16.8. The van der Waals surface area contributed by atoms with Crippen LogP contribution in [0.4, 0.5) is 22.0 Å². The molecule has 5 nitrogen and oxygen atoms in total. The zero-order valence-electron chi connectivity index (χ0n) is 19.7. The number of aryl methyl sites for hydroxylation is 1. The van der Waals surface area contributed by atoms with Crippen molar-refractivity contribution in [3.63, 3.8) is 0 Å². The number of benzene rings is 2. The van der Waals surface area contributed by atoms with Crippen molar-refractivity contribution < 1.29 is 27.1 Å². The summed E-state index contributed by atoms with van der Waals surface area (Å²) in [5.74, 6) is -1.44. The van der Waals surface area contributed by atoms with E-state index in [-0.39, 0.29) is 45.0 Å². The molecule has 0 unspecified atom stereocenters. The van der Waals surface area contributed by atoms with Gasteiger partial charge in [0.2, 0.25) is 0 Å². The van der Waals surface area contributed by atoms with Gasteiger partial charge in [-0.3, -0.25) is 0 Å². The van der Waals surface area contributed by atoms with Gasteiger partial charge in [0.25, 0.3) is 0 Å². The van der Waals surface area contributed by atoms with Crippen molar-refractivity contribution in [2.24, 2.45) is 5.73 Å². The van der Waals surface area contributed by atoms with E-state index in [0.717, 1.165) is 25.0 Å². The Morgan fingerprint density at radius 1 is 1.17 bits per heavy atom. The lowest BCUT2D eigenvalue weighted by atomic mass is 9.93. The predicted octanol–water partition coefficient (Wildman–Crippen LogP) is 6.69. The van der Waals surface area contributed by atoms with E-state index in [1.807, 2.05) is 0 Å². The van der Waals surface area contributed by atoms with Gasteiger partial charge in [0, 0.05) is 12.0 Å². The van der Waals surface area contributed by atoms with Gasteiger partial charge in [-0.25, -0.2) is 18.4 Å². The molecular formula is C25H26ClF5N4O. The Balaban J connectivity index is 0.00000115. The Hall–Kier alpha value is -2.98. The molecule has 4 rings (SSSR count). The van der Waals surface area contributed by atoms with Gasteiger partial charge in [0.15, 0.2) is 11.6 Å². The molecular weight excluding hydrogens is 503 g/mol. The molecule has 3 N–H and O–H groups in total. The van der Waals surface area contributed by atoms with Crippen LogP contribution in [0.25, 0.3) is 22.5 Å². The van der Waals surface area contributed by atoms with Crippen LogP contribution in [-0.2, 0) is 12.0 Å². The fraction of sp³-hybridized carbons (Fsp3) is 0.360. The molecule has 0 amide bonds. The molecule has 11 heteroatoms. The van der Waals surface area contributed by atoms with Crippen LogP contribution in [0.3, 0.4) is 0 Å². The first-order valence-corrected chi connectivity index (χ1v) is 11.5. The van der Waals surface area contributed by atoms with Crippen molar-refractivity contribution >= 4 is 11.6 Å². The van der Waals surface area contributed by atoms with Crippen molar-refractivity contribution in [2.75, 3.05) is 0 Å². The van der Waals surface area contributed by atoms with Crippen LogP contribution < -0.4 is 5.73 Å². The van der Waals surface area contributed by atoms with Gasteiger partial charge in [-0.15, -0.1) is 0 Å². The van der Waals surface area contributed by atoms with E-state index in [2.05, 4.69) is 22.4 Å². The lowest BCUT2D eigenvalue weighted by Gasteiger charge is -2.16. The SMILES string of the molecule is C=CN.CC(C)(O)c1nc(-c2cc(CCC(F)(F)F)c(-c3c(F)cccc3Cl)cc2F)nn1C1CC1. The van der Waals surface area contributed by atoms with Gasteiger partial charge in [-0.2, -0.15) is 18.3 Å². The van der Waals surface area contributed by atoms with Crippen LogP contribution >= 0.6 is 11.6 Å². The molecule has 2 aromatic carbocycles. The average Bonchev–Trinajstić information content (AvgIpc) is 3.50. The van der Waals surface area contributed by atoms with Gasteiger partial charge in [-0.1, -0.05) is 24.2 Å². The third kappa shape index (κ3) is 6.41. The maximum Gasteiger partial charge on any atom is 0.389 e. The molecule has 1 heterocycles. The van der Waals surface area contributed by atoms with Crippen molar-refractivity contribution in [3.05, 3.63) is 71.2 Å². The molecule has 1 saturated carbocycles. The number of hydrogen-bond acceptors (Lipinski definition) is 4. The fourth-order valence-corrected chi connectivity index (χ4v) is 3.95. The van der Waals surface area contributed by atoms with E-state index in [0.29, 0.717) is 0 Å². The predicted molar refractivity (Wildman–Crippen MR) is 128 cm³/mol. The van der Waals surface area contributed by atoms with Gasteiger partial charge < -0.3 is 10.8 Å². The van der Waals surface area contributed by atoms with Crippen LogP contribution in [0, 0.1) is 11.6 Å². The van der Waals surface area contributed by atoms with E-state index in [1.54, 1.807) is 0 Å². The monoisotopic (exact) mass is 528 g/mol. The molecule has 0 atom stereocenters. The summed E-state index contributed by atoms with van der Waals surface area (Å²) in [6.07, 6.45) is -3.26. The van der Waals surface area contributed by atoms with Crippen molar-refractivity contribution in [1.29, 1.82) is 0 Å². The third-order valence-corrected chi connectivity index (χ3v) is 5.73. The fourth-order valence-electron chi connectivity index (χ4n) is 3.69. The quantitative estimate of drug-likeness (QED) is 0.349. The Labute approximate surface area is 210 Å². The van der Waals surface area contributed by atoms with Gasteiger partial charge in [0.1, 0.15) is 17.2 Å². The van der Waals surface area contributed by atoms with Crippen LogP contribution in [0.15, 0.2) is 43.1 Å². The summed E-state index contributed by atoms with van der Waals surface area (Å²) in [6.45, 7) is 6.18. The maximum atomic E-state index is 15.3. The number of aromatic nitrogens is 3. The van der Waals surface area contributed by atoms with Crippen molar-refractivity contribution in [2.45, 2.75) is 57.3 Å². The lowest BCUT2D eigenvalue weighted by Crippen LogP contribution is -2.22. The summed E-state index contributed by atoms with van der Waals surface area (Å²) in [5, 5.41) is 14.8. The van der Waals surface area contributed by atoms with Gasteiger partial charge in [0.05, 0.1) is 16.6 Å². The highest BCUT2D eigenvalue weighted by molar-refractivity contribution is 6.33. The van der Waals surface area contributed by atoms with Gasteiger partial charge in [-0.05, 0) is 74.7 Å². The molecule has 3 aromatic rings. The zero-order chi connectivity index (χ0) is 26.8. The Morgan fingerprint density at radius 3 is 2.33 bits per heavy atom. The van der Waals surface area contributed by atoms with Crippen molar-refractivity contribution in [3.8, 4) is 22.5 Å². The van der Waals surface area contributed by atoms with E-state index in [4.69, 9.17) is 11.6 Å². The smallest absolute Gasteiger partial charge is 0.389 e. The first kappa shape index (κ1) is 27.6. The molecule has 194 valence electrons. The summed E-state index contributed by atoms with van der Waals surface area (Å²) in [5.41, 5.74) is 2.95. The Bertz CT molecular complexity index is 1230. The molecule has 1 aromatic heterocycles. The highest BCUT2D eigenvalue weighted by atomic mass is 35.5. The van der Waals surface area contributed by atoms with E-state index < -0.39 is 36.3 Å². The van der Waals surface area contributed by atoms with E-state index in [1.165, 1.54) is 42.9 Å². The van der Waals surface area contributed by atoms with Crippen LogP contribution in [-0.4, -0.2) is 26.0 Å². The molecule has 36 heavy (non-hydrogen) atoms. The van der Waals surface area contributed by atoms with Crippen LogP contribution in [0.1, 0.15) is 50.5 Å². The summed E-state index contributed by atoms with van der Waals surface area (Å²) >= 11 is 6.11. The molecule has 0 spiro atoms. The van der Waals surface area contributed by atoms with Crippen LogP contribution in [0.5, 0.6) is 0 Å². The van der Waals surface area contributed by atoms with Crippen molar-refractivity contribution in [1.82, 2.24) is 14.8 Å². The third-order valence-electron chi connectivity index (χ3n) is 5.41. The number of nitrogens with two attached hydrogens (primary N) is 1. The second kappa shape index (κ2) is 10.6. The lowest BCUT2D eigenvalue weighted by molar-refractivity contribution is -0.133. The molecule has 0 radical (unpaired) electrons. The second-order valence-electron chi connectivity index (χ2n) is 8.93. The topological polar surface area (TPSA) is 77.0 Å². The molecule has 1 fully saturated rings. The highest BCUT2D eigenvalue weighted by Gasteiger charge is 2.35. The first-order valence-electron chi connectivity index (χ1n) is 11.1. The molecule has 0 saturated heterocycles. The number of rotatable bonds is 6. The largest absolute Gasteiger partial charge is 0.405 e. The summed E-state index contributed by atoms with van der Waals surface area (Å²) in [6, 6.07) is 6.04. The second-order valence-corrected chi connectivity index (χ2v) is 9.34. The van der Waals surface area contributed by atoms with Gasteiger partial charge >= 0.3 is 6.18 Å². The summed E-state index contributed by atoms with van der Waals surface area (Å²) in [7, 11) is 0. The molecule has 1 aliphatic carbocycles. The number of halogens is 6. The average molecular weight is 529 g/mol.